The fourth-order valence-electron chi connectivity index (χ4n) is 2.30. The number of anilines is 2. The number of aromatic nitrogens is 1. The van der Waals surface area contributed by atoms with Crippen LogP contribution < -0.4 is 16.4 Å². The fraction of sp³-hybridized carbons (Fsp3) is 0.500. The third-order valence-electron chi connectivity index (χ3n) is 3.23. The molecule has 1 saturated heterocycles. The molecule has 1 aromatic rings. The van der Waals surface area contributed by atoms with Crippen molar-refractivity contribution in [1.29, 1.82) is 0 Å². The molecule has 1 aliphatic heterocycles. The van der Waals surface area contributed by atoms with E-state index in [0.29, 0.717) is 23.1 Å². The summed E-state index contributed by atoms with van der Waals surface area (Å²) in [5, 5.41) is 0. The maximum Gasteiger partial charge on any atom is 0.252 e. The standard InChI is InChI=1S/C12H18N4O/c1-8-4-2-3-5-16(8)12-10(11(14)17)6-9(13)7-15-12/h6-8H,2-5,13H2,1H3,(H2,14,17). The molecule has 1 aliphatic rings. The van der Waals surface area contributed by atoms with Gasteiger partial charge in [0.05, 0.1) is 17.4 Å². The average molecular weight is 234 g/mol. The molecule has 0 aliphatic carbocycles. The maximum atomic E-state index is 11.4. The summed E-state index contributed by atoms with van der Waals surface area (Å²) in [7, 11) is 0. The van der Waals surface area contributed by atoms with Crippen LogP contribution >= 0.6 is 0 Å². The van der Waals surface area contributed by atoms with Crippen molar-refractivity contribution >= 4 is 17.4 Å². The zero-order valence-electron chi connectivity index (χ0n) is 10.0. The van der Waals surface area contributed by atoms with Gasteiger partial charge in [-0.15, -0.1) is 0 Å². The molecule has 1 unspecified atom stereocenters. The van der Waals surface area contributed by atoms with Crippen LogP contribution in [-0.2, 0) is 0 Å². The Bertz CT molecular complexity index is 433. The average Bonchev–Trinajstić information content (AvgIpc) is 2.30. The van der Waals surface area contributed by atoms with Crippen LogP contribution in [0.25, 0.3) is 0 Å². The van der Waals surface area contributed by atoms with Gasteiger partial charge in [0.2, 0.25) is 0 Å². The predicted octanol–water partition coefficient (Wildman–Crippen LogP) is 1.14. The largest absolute Gasteiger partial charge is 0.397 e. The fourth-order valence-corrected chi connectivity index (χ4v) is 2.30. The highest BCUT2D eigenvalue weighted by Gasteiger charge is 2.23. The summed E-state index contributed by atoms with van der Waals surface area (Å²) in [6.07, 6.45) is 5.03. The van der Waals surface area contributed by atoms with Gasteiger partial charge in [0.1, 0.15) is 5.82 Å². The molecule has 0 radical (unpaired) electrons. The van der Waals surface area contributed by atoms with Crippen molar-refractivity contribution < 1.29 is 4.79 Å². The van der Waals surface area contributed by atoms with E-state index in [2.05, 4.69) is 16.8 Å². The topological polar surface area (TPSA) is 85.2 Å². The Morgan fingerprint density at radius 1 is 1.53 bits per heavy atom. The Kier molecular flexibility index (Phi) is 3.17. The van der Waals surface area contributed by atoms with E-state index >= 15 is 0 Å². The second-order valence-corrected chi connectivity index (χ2v) is 4.54. The Balaban J connectivity index is 2.39. The second kappa shape index (κ2) is 4.61. The Hall–Kier alpha value is -1.78. The first-order chi connectivity index (χ1) is 8.09. The van der Waals surface area contributed by atoms with E-state index in [1.165, 1.54) is 6.42 Å². The number of nitrogens with zero attached hydrogens (tertiary/aromatic N) is 2. The molecule has 5 nitrogen and oxygen atoms in total. The minimum Gasteiger partial charge on any atom is -0.397 e. The highest BCUT2D eigenvalue weighted by Crippen LogP contribution is 2.26. The number of hydrogen-bond donors (Lipinski definition) is 2. The number of nitrogens with two attached hydrogens (primary N) is 2. The monoisotopic (exact) mass is 234 g/mol. The number of hydrogen-bond acceptors (Lipinski definition) is 4. The van der Waals surface area contributed by atoms with Crippen molar-refractivity contribution in [2.75, 3.05) is 17.2 Å². The lowest BCUT2D eigenvalue weighted by Gasteiger charge is -2.35. The third kappa shape index (κ3) is 2.33. The van der Waals surface area contributed by atoms with Crippen molar-refractivity contribution in [3.8, 4) is 0 Å². The van der Waals surface area contributed by atoms with Gasteiger partial charge in [-0.05, 0) is 32.3 Å². The van der Waals surface area contributed by atoms with Crippen molar-refractivity contribution in [1.82, 2.24) is 4.98 Å². The van der Waals surface area contributed by atoms with Gasteiger partial charge in [-0.25, -0.2) is 4.98 Å². The molecule has 1 atom stereocenters. The van der Waals surface area contributed by atoms with E-state index in [1.54, 1.807) is 12.3 Å². The molecule has 0 spiro atoms. The molecular weight excluding hydrogens is 216 g/mol. The molecular formula is C12H18N4O. The number of rotatable bonds is 2. The predicted molar refractivity (Wildman–Crippen MR) is 67.8 cm³/mol. The lowest BCUT2D eigenvalue weighted by molar-refractivity contribution is 0.100. The van der Waals surface area contributed by atoms with Gasteiger partial charge >= 0.3 is 0 Å². The number of piperidine rings is 1. The van der Waals surface area contributed by atoms with Crippen molar-refractivity contribution in [2.24, 2.45) is 5.73 Å². The Morgan fingerprint density at radius 3 is 2.94 bits per heavy atom. The van der Waals surface area contributed by atoms with Crippen molar-refractivity contribution in [3.63, 3.8) is 0 Å². The second-order valence-electron chi connectivity index (χ2n) is 4.54. The summed E-state index contributed by atoms with van der Waals surface area (Å²) >= 11 is 0. The van der Waals surface area contributed by atoms with Crippen LogP contribution in [0.4, 0.5) is 11.5 Å². The molecule has 92 valence electrons. The summed E-state index contributed by atoms with van der Waals surface area (Å²) in [5.41, 5.74) is 11.9. The van der Waals surface area contributed by atoms with Gasteiger partial charge < -0.3 is 16.4 Å². The first-order valence-electron chi connectivity index (χ1n) is 5.91. The number of amides is 1. The van der Waals surface area contributed by atoms with E-state index in [-0.39, 0.29) is 0 Å². The minimum atomic E-state index is -0.474. The zero-order valence-corrected chi connectivity index (χ0v) is 10.0. The molecule has 0 aromatic carbocycles. The van der Waals surface area contributed by atoms with E-state index in [1.807, 2.05) is 0 Å². The third-order valence-corrected chi connectivity index (χ3v) is 3.23. The zero-order chi connectivity index (χ0) is 12.4. The highest BCUT2D eigenvalue weighted by atomic mass is 16.1. The van der Waals surface area contributed by atoms with Gasteiger partial charge in [-0.2, -0.15) is 0 Å². The molecule has 2 rings (SSSR count). The van der Waals surface area contributed by atoms with E-state index in [4.69, 9.17) is 11.5 Å². The lowest BCUT2D eigenvalue weighted by Crippen LogP contribution is -2.39. The molecule has 4 N–H and O–H groups in total. The van der Waals surface area contributed by atoms with Crippen LogP contribution in [0.5, 0.6) is 0 Å². The Labute approximate surface area is 101 Å². The van der Waals surface area contributed by atoms with E-state index in [9.17, 15) is 4.79 Å². The summed E-state index contributed by atoms with van der Waals surface area (Å²) in [6, 6.07) is 1.99. The lowest BCUT2D eigenvalue weighted by atomic mass is 10.0. The van der Waals surface area contributed by atoms with Gasteiger partial charge in [-0.3, -0.25) is 4.79 Å². The molecule has 5 heteroatoms. The van der Waals surface area contributed by atoms with Gasteiger partial charge in [-0.1, -0.05) is 0 Å². The first kappa shape index (κ1) is 11.7. The van der Waals surface area contributed by atoms with Crippen LogP contribution in [0, 0.1) is 0 Å². The molecule has 0 saturated carbocycles. The van der Waals surface area contributed by atoms with E-state index < -0.39 is 5.91 Å². The van der Waals surface area contributed by atoms with Crippen LogP contribution in [0.15, 0.2) is 12.3 Å². The maximum absolute atomic E-state index is 11.4. The van der Waals surface area contributed by atoms with Gasteiger partial charge in [0.15, 0.2) is 0 Å². The number of carbonyl (C=O) groups is 1. The molecule has 17 heavy (non-hydrogen) atoms. The quantitative estimate of drug-likeness (QED) is 0.803. The first-order valence-corrected chi connectivity index (χ1v) is 5.91. The highest BCUT2D eigenvalue weighted by molar-refractivity contribution is 5.98. The smallest absolute Gasteiger partial charge is 0.252 e. The molecule has 2 heterocycles. The normalized spacial score (nSPS) is 20.3. The summed E-state index contributed by atoms with van der Waals surface area (Å²) in [6.45, 7) is 3.06. The number of pyridine rings is 1. The van der Waals surface area contributed by atoms with Crippen molar-refractivity contribution in [2.45, 2.75) is 32.2 Å². The molecule has 1 fully saturated rings. The number of nitrogen functional groups attached to an aromatic ring is 1. The van der Waals surface area contributed by atoms with Crippen LogP contribution in [-0.4, -0.2) is 23.5 Å². The van der Waals surface area contributed by atoms with Gasteiger partial charge in [0, 0.05) is 12.6 Å². The minimum absolute atomic E-state index is 0.387. The SMILES string of the molecule is CC1CCCCN1c1ncc(N)cc1C(N)=O. The summed E-state index contributed by atoms with van der Waals surface area (Å²) < 4.78 is 0. The van der Waals surface area contributed by atoms with Crippen LogP contribution in [0.2, 0.25) is 0 Å². The van der Waals surface area contributed by atoms with Crippen LogP contribution in [0.1, 0.15) is 36.5 Å². The van der Waals surface area contributed by atoms with Crippen molar-refractivity contribution in [3.05, 3.63) is 17.8 Å². The molecule has 1 aromatic heterocycles. The Morgan fingerprint density at radius 2 is 2.29 bits per heavy atom. The van der Waals surface area contributed by atoms with Crippen LogP contribution in [0.3, 0.4) is 0 Å². The van der Waals surface area contributed by atoms with E-state index in [0.717, 1.165) is 19.4 Å². The number of carbonyl (C=O) groups excluding carboxylic acids is 1. The molecule has 0 bridgehead atoms. The van der Waals surface area contributed by atoms with Gasteiger partial charge in [0.25, 0.3) is 5.91 Å². The number of primary amides is 1. The summed E-state index contributed by atoms with van der Waals surface area (Å²) in [5.74, 6) is 0.191. The molecule has 1 amide bonds. The summed E-state index contributed by atoms with van der Waals surface area (Å²) in [4.78, 5) is 17.8.